The predicted octanol–water partition coefficient (Wildman–Crippen LogP) is 4.87. The monoisotopic (exact) mass is 373 g/mol. The minimum Gasteiger partial charge on any atom is -0.330 e. The highest BCUT2D eigenvalue weighted by Gasteiger charge is 2.43. The Labute approximate surface area is 166 Å². The van der Waals surface area contributed by atoms with Crippen molar-refractivity contribution in [3.63, 3.8) is 0 Å². The largest absolute Gasteiger partial charge is 0.330 e. The number of aryl methyl sites for hydroxylation is 2. The number of anilines is 1. The van der Waals surface area contributed by atoms with Crippen molar-refractivity contribution in [1.29, 1.82) is 0 Å². The molecule has 28 heavy (non-hydrogen) atoms. The van der Waals surface area contributed by atoms with Crippen LogP contribution in [0.15, 0.2) is 60.9 Å². The lowest BCUT2D eigenvalue weighted by Gasteiger charge is -2.18. The number of amides is 1. The van der Waals surface area contributed by atoms with Crippen molar-refractivity contribution in [3.05, 3.63) is 72.1 Å². The quantitative estimate of drug-likeness (QED) is 0.578. The van der Waals surface area contributed by atoms with Crippen LogP contribution in [0.1, 0.15) is 38.3 Å². The number of allylic oxidation sites excluding steroid dienone is 1. The van der Waals surface area contributed by atoms with E-state index in [2.05, 4.69) is 65.0 Å². The van der Waals surface area contributed by atoms with Crippen molar-refractivity contribution in [2.45, 2.75) is 45.6 Å². The minimum atomic E-state index is -0.516. The van der Waals surface area contributed by atoms with Gasteiger partial charge in [0.05, 0.1) is 28.5 Å². The summed E-state index contributed by atoms with van der Waals surface area (Å²) in [6.07, 6.45) is 8.03. The molecule has 2 aromatic carbocycles. The first kappa shape index (κ1) is 18.5. The molecule has 0 fully saturated rings. The molecule has 0 aliphatic carbocycles. The third kappa shape index (κ3) is 3.13. The highest BCUT2D eigenvalue weighted by atomic mass is 16.2. The fraction of sp³-hybridized carbons (Fsp3) is 0.333. The van der Waals surface area contributed by atoms with Gasteiger partial charge in [-0.25, -0.2) is 4.98 Å². The first-order valence-electron chi connectivity index (χ1n) is 10.0. The number of benzene rings is 2. The van der Waals surface area contributed by atoms with Gasteiger partial charge in [0.15, 0.2) is 0 Å². The molecule has 0 bridgehead atoms. The molecule has 1 aromatic heterocycles. The number of aromatic nitrogens is 2. The molecule has 4 rings (SSSR count). The van der Waals surface area contributed by atoms with Crippen LogP contribution in [0.2, 0.25) is 0 Å². The molecular weight excluding hydrogens is 346 g/mol. The summed E-state index contributed by atoms with van der Waals surface area (Å²) in [4.78, 5) is 19.6. The van der Waals surface area contributed by atoms with E-state index >= 15 is 0 Å². The lowest BCUT2D eigenvalue weighted by atomic mass is 9.86. The van der Waals surface area contributed by atoms with Gasteiger partial charge in [-0.05, 0) is 49.9 Å². The third-order valence-electron chi connectivity index (χ3n) is 5.66. The number of nitrogens with zero attached hydrogens (tertiary/aromatic N) is 3. The van der Waals surface area contributed by atoms with Crippen molar-refractivity contribution in [1.82, 2.24) is 9.55 Å². The van der Waals surface area contributed by atoms with Gasteiger partial charge in [0.25, 0.3) is 0 Å². The predicted molar refractivity (Wildman–Crippen MR) is 115 cm³/mol. The molecule has 4 nitrogen and oxygen atoms in total. The molecule has 1 aliphatic rings. The van der Waals surface area contributed by atoms with Gasteiger partial charge in [0.1, 0.15) is 0 Å². The number of fused-ring (bicyclic) bond motifs is 2. The third-order valence-corrected chi connectivity index (χ3v) is 5.66. The number of carbonyl (C=O) groups excluding carboxylic acids is 1. The van der Waals surface area contributed by atoms with E-state index in [1.54, 1.807) is 0 Å². The molecule has 0 saturated heterocycles. The molecule has 1 amide bonds. The van der Waals surface area contributed by atoms with Gasteiger partial charge in [0, 0.05) is 13.1 Å². The zero-order valence-corrected chi connectivity index (χ0v) is 16.9. The topological polar surface area (TPSA) is 38.1 Å². The maximum Gasteiger partial charge on any atom is 0.237 e. The van der Waals surface area contributed by atoms with Gasteiger partial charge in [-0.3, -0.25) is 4.79 Å². The van der Waals surface area contributed by atoms with Crippen LogP contribution in [-0.4, -0.2) is 22.0 Å². The van der Waals surface area contributed by atoms with Gasteiger partial charge in [-0.2, -0.15) is 0 Å². The van der Waals surface area contributed by atoms with Crippen LogP contribution in [0.3, 0.4) is 0 Å². The summed E-state index contributed by atoms with van der Waals surface area (Å²) in [6, 6.07) is 14.7. The normalized spacial score (nSPS) is 15.7. The number of rotatable bonds is 6. The zero-order chi connectivity index (χ0) is 19.7. The summed E-state index contributed by atoms with van der Waals surface area (Å²) < 4.78 is 2.20. The average molecular weight is 374 g/mol. The van der Waals surface area contributed by atoms with E-state index < -0.39 is 5.41 Å². The van der Waals surface area contributed by atoms with Crippen molar-refractivity contribution >= 4 is 22.6 Å². The Balaban J connectivity index is 1.68. The Morgan fingerprint density at radius 1 is 1.11 bits per heavy atom. The second-order valence-corrected chi connectivity index (χ2v) is 7.95. The van der Waals surface area contributed by atoms with Crippen molar-refractivity contribution in [2.24, 2.45) is 0 Å². The Morgan fingerprint density at radius 2 is 1.89 bits per heavy atom. The van der Waals surface area contributed by atoms with E-state index in [1.165, 1.54) is 5.56 Å². The summed E-state index contributed by atoms with van der Waals surface area (Å²) in [5, 5.41) is 0. The van der Waals surface area contributed by atoms with Crippen molar-refractivity contribution < 1.29 is 4.79 Å². The van der Waals surface area contributed by atoms with Crippen LogP contribution in [0.4, 0.5) is 5.69 Å². The SMILES string of the molecule is CC/C=C/CN1C(=O)C(C)(C)c2cc3c(cc21)ncn3CCc1ccccc1. The van der Waals surface area contributed by atoms with Crippen LogP contribution >= 0.6 is 0 Å². The molecule has 0 spiro atoms. The fourth-order valence-electron chi connectivity index (χ4n) is 3.98. The minimum absolute atomic E-state index is 0.159. The molecule has 0 radical (unpaired) electrons. The summed E-state index contributed by atoms with van der Waals surface area (Å²) in [6.45, 7) is 7.63. The second kappa shape index (κ2) is 7.27. The molecule has 3 aromatic rings. The maximum absolute atomic E-state index is 13.0. The Kier molecular flexibility index (Phi) is 4.80. The summed E-state index contributed by atoms with van der Waals surface area (Å²) in [5.41, 5.74) is 4.93. The molecule has 0 N–H and O–H groups in total. The fourth-order valence-corrected chi connectivity index (χ4v) is 3.98. The van der Waals surface area contributed by atoms with Crippen LogP contribution in [-0.2, 0) is 23.2 Å². The highest BCUT2D eigenvalue weighted by Crippen LogP contribution is 2.43. The van der Waals surface area contributed by atoms with Crippen LogP contribution in [0.25, 0.3) is 11.0 Å². The summed E-state index contributed by atoms with van der Waals surface area (Å²) in [5.74, 6) is 0.159. The smallest absolute Gasteiger partial charge is 0.237 e. The molecule has 0 unspecified atom stereocenters. The van der Waals surface area contributed by atoms with Crippen molar-refractivity contribution in [2.75, 3.05) is 11.4 Å². The first-order chi connectivity index (χ1) is 13.5. The lowest BCUT2D eigenvalue weighted by Crippen LogP contribution is -2.36. The van der Waals surface area contributed by atoms with E-state index in [0.29, 0.717) is 6.54 Å². The van der Waals surface area contributed by atoms with E-state index in [-0.39, 0.29) is 5.91 Å². The molecular formula is C24H27N3O. The maximum atomic E-state index is 13.0. The van der Waals surface area contributed by atoms with Gasteiger partial charge in [-0.15, -0.1) is 0 Å². The van der Waals surface area contributed by atoms with Crippen LogP contribution in [0.5, 0.6) is 0 Å². The van der Waals surface area contributed by atoms with E-state index in [0.717, 1.165) is 41.7 Å². The van der Waals surface area contributed by atoms with Gasteiger partial charge >= 0.3 is 0 Å². The zero-order valence-electron chi connectivity index (χ0n) is 16.9. The van der Waals surface area contributed by atoms with Gasteiger partial charge in [-0.1, -0.05) is 49.4 Å². The lowest BCUT2D eigenvalue weighted by molar-refractivity contribution is -0.121. The number of imidazole rings is 1. The van der Waals surface area contributed by atoms with Crippen LogP contribution < -0.4 is 4.90 Å². The van der Waals surface area contributed by atoms with E-state index in [1.807, 2.05) is 31.1 Å². The summed E-state index contributed by atoms with van der Waals surface area (Å²) in [7, 11) is 0. The van der Waals surface area contributed by atoms with E-state index in [9.17, 15) is 4.79 Å². The Bertz CT molecular complexity index is 1030. The Morgan fingerprint density at radius 3 is 2.64 bits per heavy atom. The number of hydrogen-bond donors (Lipinski definition) is 0. The first-order valence-corrected chi connectivity index (χ1v) is 10.0. The van der Waals surface area contributed by atoms with Crippen LogP contribution in [0, 0.1) is 0 Å². The molecule has 0 atom stereocenters. The van der Waals surface area contributed by atoms with Gasteiger partial charge in [0.2, 0.25) is 5.91 Å². The molecule has 0 saturated carbocycles. The van der Waals surface area contributed by atoms with E-state index in [4.69, 9.17) is 0 Å². The molecule has 144 valence electrons. The number of hydrogen-bond acceptors (Lipinski definition) is 2. The highest BCUT2D eigenvalue weighted by molar-refractivity contribution is 6.09. The Hall–Kier alpha value is -2.88. The molecule has 2 heterocycles. The second-order valence-electron chi connectivity index (χ2n) is 7.95. The summed E-state index contributed by atoms with van der Waals surface area (Å²) >= 11 is 0. The van der Waals surface area contributed by atoms with Gasteiger partial charge < -0.3 is 9.47 Å². The standard InChI is InChI=1S/C24H27N3O/c1-4-5-9-13-27-21-16-20-22(15-19(21)24(2,3)23(27)28)26(17-25-20)14-12-18-10-7-6-8-11-18/h5-11,15-17H,4,12-14H2,1-3H3/b9-5+. The molecule has 1 aliphatic heterocycles. The average Bonchev–Trinajstić information content (AvgIpc) is 3.18. The number of carbonyl (C=O) groups is 1. The van der Waals surface area contributed by atoms with Crippen molar-refractivity contribution in [3.8, 4) is 0 Å². The molecule has 4 heteroatoms.